The maximum atomic E-state index is 6.44. The van der Waals surface area contributed by atoms with E-state index in [1.807, 2.05) is 42.5 Å². The molecule has 248 valence electrons. The van der Waals surface area contributed by atoms with Gasteiger partial charge in [-0.15, -0.1) is 0 Å². The van der Waals surface area contributed by atoms with Gasteiger partial charge >= 0.3 is 0 Å². The van der Waals surface area contributed by atoms with Crippen molar-refractivity contribution in [3.8, 4) is 67.5 Å². The summed E-state index contributed by atoms with van der Waals surface area (Å²) >= 11 is 0. The van der Waals surface area contributed by atoms with Crippen LogP contribution in [0.25, 0.3) is 100 Å². The van der Waals surface area contributed by atoms with Crippen LogP contribution in [0.4, 0.5) is 0 Å². The van der Waals surface area contributed by atoms with Crippen LogP contribution in [0.3, 0.4) is 0 Å². The fourth-order valence-corrected chi connectivity index (χ4v) is 7.23. The molecule has 0 N–H and O–H groups in total. The minimum atomic E-state index is 0.617. The van der Waals surface area contributed by atoms with Gasteiger partial charge in [-0.2, -0.15) is 0 Å². The van der Waals surface area contributed by atoms with Crippen LogP contribution in [0.15, 0.2) is 192 Å². The summed E-state index contributed by atoms with van der Waals surface area (Å²) in [5.41, 5.74) is 11.3. The second-order valence-corrected chi connectivity index (χ2v) is 13.3. The van der Waals surface area contributed by atoms with E-state index in [-0.39, 0.29) is 0 Å². The van der Waals surface area contributed by atoms with Crippen LogP contribution in [0.2, 0.25) is 0 Å². The zero-order valence-corrected chi connectivity index (χ0v) is 28.6. The lowest BCUT2D eigenvalue weighted by molar-refractivity contribution is 0.669. The second-order valence-electron chi connectivity index (χ2n) is 13.3. The normalized spacial score (nSPS) is 11.4. The molecule has 4 heteroatoms. The molecule has 0 aliphatic carbocycles. The Balaban J connectivity index is 1.03. The van der Waals surface area contributed by atoms with Crippen molar-refractivity contribution in [1.82, 2.24) is 15.0 Å². The monoisotopic (exact) mass is 677 g/mol. The Morgan fingerprint density at radius 3 is 1.60 bits per heavy atom. The maximum Gasteiger partial charge on any atom is 0.164 e. The molecule has 2 aromatic heterocycles. The molecule has 0 spiro atoms. The fraction of sp³-hybridized carbons (Fsp3) is 0. The van der Waals surface area contributed by atoms with E-state index in [0.29, 0.717) is 17.5 Å². The highest BCUT2D eigenvalue weighted by Gasteiger charge is 2.16. The van der Waals surface area contributed by atoms with Gasteiger partial charge in [0.1, 0.15) is 11.2 Å². The summed E-state index contributed by atoms with van der Waals surface area (Å²) < 4.78 is 6.44. The molecule has 10 aromatic rings. The van der Waals surface area contributed by atoms with Crippen molar-refractivity contribution in [3.05, 3.63) is 188 Å². The minimum absolute atomic E-state index is 0.617. The van der Waals surface area contributed by atoms with Gasteiger partial charge < -0.3 is 4.42 Å². The summed E-state index contributed by atoms with van der Waals surface area (Å²) in [6.45, 7) is 0. The van der Waals surface area contributed by atoms with Crippen LogP contribution in [-0.4, -0.2) is 15.0 Å². The van der Waals surface area contributed by atoms with Crippen molar-refractivity contribution in [2.24, 2.45) is 0 Å². The van der Waals surface area contributed by atoms with Gasteiger partial charge in [0.15, 0.2) is 17.5 Å². The van der Waals surface area contributed by atoms with E-state index < -0.39 is 0 Å². The highest BCUT2D eigenvalue weighted by molar-refractivity contribution is 6.13. The topological polar surface area (TPSA) is 51.8 Å². The average molecular weight is 678 g/mol. The largest absolute Gasteiger partial charge is 0.456 e. The van der Waals surface area contributed by atoms with E-state index in [4.69, 9.17) is 19.4 Å². The van der Waals surface area contributed by atoms with Crippen molar-refractivity contribution in [3.63, 3.8) is 0 Å². The molecule has 10 rings (SSSR count). The number of benzene rings is 8. The Kier molecular flexibility index (Phi) is 7.43. The third kappa shape index (κ3) is 5.73. The van der Waals surface area contributed by atoms with Crippen LogP contribution >= 0.6 is 0 Å². The zero-order valence-electron chi connectivity index (χ0n) is 28.6. The molecule has 0 amide bonds. The molecule has 8 aromatic carbocycles. The van der Waals surface area contributed by atoms with E-state index in [0.717, 1.165) is 55.3 Å². The SMILES string of the molecule is c1ccc(-c2nc(-c3ccc(-c4ccc5ccccc5c4)cc3)nc(-c3cccc(-c4ccc5c(c4)oc4cccc(-c6ccccc6)c45)c3)n2)cc1. The Hall–Kier alpha value is -7.17. The molecule has 53 heavy (non-hydrogen) atoms. The molecule has 4 nitrogen and oxygen atoms in total. The predicted octanol–water partition coefficient (Wildman–Crippen LogP) is 12.9. The lowest BCUT2D eigenvalue weighted by Gasteiger charge is -2.10. The van der Waals surface area contributed by atoms with E-state index in [1.165, 1.54) is 27.5 Å². The Morgan fingerprint density at radius 1 is 0.302 bits per heavy atom. The van der Waals surface area contributed by atoms with Gasteiger partial charge in [0, 0.05) is 27.5 Å². The minimum Gasteiger partial charge on any atom is -0.456 e. The summed E-state index contributed by atoms with van der Waals surface area (Å²) in [6, 6.07) is 65.2. The summed E-state index contributed by atoms with van der Waals surface area (Å²) in [5, 5.41) is 4.68. The number of hydrogen-bond acceptors (Lipinski definition) is 4. The van der Waals surface area contributed by atoms with E-state index in [2.05, 4.69) is 146 Å². The molecule has 0 radical (unpaired) electrons. The lowest BCUT2D eigenvalue weighted by atomic mass is 9.97. The number of hydrogen-bond donors (Lipinski definition) is 0. The molecule has 0 fully saturated rings. The second kappa shape index (κ2) is 12.9. The van der Waals surface area contributed by atoms with E-state index >= 15 is 0 Å². The molecule has 0 saturated heterocycles. The quantitative estimate of drug-likeness (QED) is 0.176. The van der Waals surface area contributed by atoms with Crippen LogP contribution in [0.5, 0.6) is 0 Å². The van der Waals surface area contributed by atoms with Crippen molar-refractivity contribution < 1.29 is 4.42 Å². The Labute approximate surface area is 306 Å². The number of nitrogens with zero attached hydrogens (tertiary/aromatic N) is 3. The molecule has 0 aliphatic heterocycles. The molecule has 0 aliphatic rings. The number of furan rings is 1. The smallest absolute Gasteiger partial charge is 0.164 e. The number of fused-ring (bicyclic) bond motifs is 4. The molecule has 0 atom stereocenters. The summed E-state index contributed by atoms with van der Waals surface area (Å²) in [4.78, 5) is 15.0. The highest BCUT2D eigenvalue weighted by Crippen LogP contribution is 2.39. The van der Waals surface area contributed by atoms with Gasteiger partial charge in [0.2, 0.25) is 0 Å². The molecule has 0 bridgehead atoms. The van der Waals surface area contributed by atoms with Gasteiger partial charge in [-0.05, 0) is 74.5 Å². The first-order valence-corrected chi connectivity index (χ1v) is 17.8. The first-order valence-electron chi connectivity index (χ1n) is 17.8. The van der Waals surface area contributed by atoms with Crippen LogP contribution in [-0.2, 0) is 0 Å². The Bertz CT molecular complexity index is 2930. The van der Waals surface area contributed by atoms with Crippen molar-refractivity contribution in [1.29, 1.82) is 0 Å². The van der Waals surface area contributed by atoms with Crippen molar-refractivity contribution >= 4 is 32.7 Å². The lowest BCUT2D eigenvalue weighted by Crippen LogP contribution is -2.00. The van der Waals surface area contributed by atoms with Gasteiger partial charge in [0.25, 0.3) is 0 Å². The standard InChI is InChI=1S/C49H31N3O/c1-3-12-34(13-4-1)42-19-10-20-44-46(42)43-28-27-40(31-45(43)53-44)38-17-9-18-41(30-38)49-51-47(35-14-5-2-6-15-35)50-48(52-49)36-24-21-33(22-25-36)39-26-23-32-11-7-8-16-37(32)29-39/h1-31H. The van der Waals surface area contributed by atoms with Crippen molar-refractivity contribution in [2.75, 3.05) is 0 Å². The molecule has 0 unspecified atom stereocenters. The van der Waals surface area contributed by atoms with Gasteiger partial charge in [-0.25, -0.2) is 15.0 Å². The van der Waals surface area contributed by atoms with Gasteiger partial charge in [0.05, 0.1) is 0 Å². The third-order valence-corrected chi connectivity index (χ3v) is 9.93. The number of rotatable bonds is 6. The van der Waals surface area contributed by atoms with E-state index in [1.54, 1.807) is 0 Å². The molecular weight excluding hydrogens is 647 g/mol. The maximum absolute atomic E-state index is 6.44. The zero-order chi connectivity index (χ0) is 35.1. The number of aromatic nitrogens is 3. The van der Waals surface area contributed by atoms with Gasteiger partial charge in [-0.1, -0.05) is 158 Å². The van der Waals surface area contributed by atoms with Crippen LogP contribution in [0, 0.1) is 0 Å². The predicted molar refractivity (Wildman–Crippen MR) is 217 cm³/mol. The first-order chi connectivity index (χ1) is 26.2. The molecule has 2 heterocycles. The fourth-order valence-electron chi connectivity index (χ4n) is 7.23. The molecular formula is C49H31N3O. The van der Waals surface area contributed by atoms with Crippen molar-refractivity contribution in [2.45, 2.75) is 0 Å². The first kappa shape index (κ1) is 30.6. The average Bonchev–Trinajstić information content (AvgIpc) is 3.62. The summed E-state index contributed by atoms with van der Waals surface area (Å²) in [6.07, 6.45) is 0. The highest BCUT2D eigenvalue weighted by atomic mass is 16.3. The Morgan fingerprint density at radius 2 is 0.830 bits per heavy atom. The van der Waals surface area contributed by atoms with E-state index in [9.17, 15) is 0 Å². The molecule has 0 saturated carbocycles. The van der Waals surface area contributed by atoms with Crippen LogP contribution < -0.4 is 0 Å². The third-order valence-electron chi connectivity index (χ3n) is 9.93. The van der Waals surface area contributed by atoms with Gasteiger partial charge in [-0.3, -0.25) is 0 Å². The summed E-state index contributed by atoms with van der Waals surface area (Å²) in [7, 11) is 0. The van der Waals surface area contributed by atoms with Crippen LogP contribution in [0.1, 0.15) is 0 Å². The summed E-state index contributed by atoms with van der Waals surface area (Å²) in [5.74, 6) is 1.88.